The number of anilines is 1. The Hall–Kier alpha value is -3.86. The Kier molecular flexibility index (Phi) is 5.82. The van der Waals surface area contributed by atoms with Crippen LogP contribution in [-0.4, -0.2) is 37.0 Å². The van der Waals surface area contributed by atoms with Crippen LogP contribution >= 0.6 is 0 Å². The van der Waals surface area contributed by atoms with Crippen LogP contribution in [0.15, 0.2) is 71.3 Å². The minimum atomic E-state index is -0.947. The number of hydrogen-bond acceptors (Lipinski definition) is 5. The van der Waals surface area contributed by atoms with E-state index in [4.69, 9.17) is 10.5 Å². The van der Waals surface area contributed by atoms with Crippen molar-refractivity contribution in [2.75, 3.05) is 31.1 Å². The van der Waals surface area contributed by atoms with Crippen molar-refractivity contribution in [1.29, 1.82) is 5.26 Å². The summed E-state index contributed by atoms with van der Waals surface area (Å²) < 4.78 is 33.4. The zero-order valence-corrected chi connectivity index (χ0v) is 17.5. The van der Waals surface area contributed by atoms with E-state index in [-0.39, 0.29) is 40.1 Å². The van der Waals surface area contributed by atoms with E-state index in [0.717, 1.165) is 5.69 Å². The van der Waals surface area contributed by atoms with E-state index in [0.29, 0.717) is 26.2 Å². The molecule has 2 aliphatic rings. The van der Waals surface area contributed by atoms with Crippen LogP contribution in [0.3, 0.4) is 0 Å². The van der Waals surface area contributed by atoms with Crippen molar-refractivity contribution in [3.8, 4) is 6.07 Å². The highest BCUT2D eigenvalue weighted by atomic mass is 19.1. The topological polar surface area (TPSA) is 82.6 Å². The van der Waals surface area contributed by atoms with Gasteiger partial charge in [0.1, 0.15) is 29.0 Å². The molecule has 6 nitrogen and oxygen atoms in total. The number of halogens is 2. The van der Waals surface area contributed by atoms with Gasteiger partial charge in [-0.05, 0) is 37.3 Å². The molecule has 164 valence electrons. The number of carbonyl (C=O) groups is 1. The fourth-order valence-electron chi connectivity index (χ4n) is 4.17. The SMILES string of the molecule is CC1=C(C(=O)N2CCN(c3ccc(F)cc3)CC2)C(c2ccccc2F)C(C#N)=C(N)O1. The summed E-state index contributed by atoms with van der Waals surface area (Å²) in [5.41, 5.74) is 7.20. The molecular formula is C24H22F2N4O2. The van der Waals surface area contributed by atoms with Gasteiger partial charge in [0.05, 0.1) is 11.5 Å². The summed E-state index contributed by atoms with van der Waals surface area (Å²) in [4.78, 5) is 17.3. The van der Waals surface area contributed by atoms with E-state index in [1.54, 1.807) is 42.2 Å². The van der Waals surface area contributed by atoms with Crippen LogP contribution in [-0.2, 0) is 9.53 Å². The highest BCUT2D eigenvalue weighted by Gasteiger charge is 2.39. The highest BCUT2D eigenvalue weighted by Crippen LogP contribution is 2.40. The molecule has 0 radical (unpaired) electrons. The summed E-state index contributed by atoms with van der Waals surface area (Å²) in [6, 6.07) is 14.2. The molecule has 1 fully saturated rings. The van der Waals surface area contributed by atoms with Gasteiger partial charge in [-0.1, -0.05) is 18.2 Å². The van der Waals surface area contributed by atoms with Gasteiger partial charge in [0, 0.05) is 37.4 Å². The molecule has 0 saturated carbocycles. The molecule has 2 aromatic carbocycles. The Labute approximate surface area is 184 Å². The summed E-state index contributed by atoms with van der Waals surface area (Å²) in [6.45, 7) is 3.53. The molecule has 0 aliphatic carbocycles. The third kappa shape index (κ3) is 3.89. The van der Waals surface area contributed by atoms with E-state index >= 15 is 0 Å². The average Bonchev–Trinajstić information content (AvgIpc) is 2.79. The molecule has 0 spiro atoms. The molecule has 0 bridgehead atoms. The number of carbonyl (C=O) groups excluding carboxylic acids is 1. The Morgan fingerprint density at radius 2 is 1.75 bits per heavy atom. The second-order valence-corrected chi connectivity index (χ2v) is 7.67. The maximum absolute atomic E-state index is 14.7. The van der Waals surface area contributed by atoms with Crippen molar-refractivity contribution in [1.82, 2.24) is 4.90 Å². The first-order chi connectivity index (χ1) is 15.4. The number of allylic oxidation sites excluding steroid dienone is 2. The first-order valence-electron chi connectivity index (χ1n) is 10.2. The van der Waals surface area contributed by atoms with E-state index in [9.17, 15) is 18.8 Å². The third-order valence-corrected chi connectivity index (χ3v) is 5.81. The lowest BCUT2D eigenvalue weighted by atomic mass is 9.82. The van der Waals surface area contributed by atoms with Gasteiger partial charge in [0.25, 0.3) is 5.91 Å². The second-order valence-electron chi connectivity index (χ2n) is 7.67. The highest BCUT2D eigenvalue weighted by molar-refractivity contribution is 5.97. The Morgan fingerprint density at radius 3 is 2.38 bits per heavy atom. The summed E-state index contributed by atoms with van der Waals surface area (Å²) in [7, 11) is 0. The zero-order valence-electron chi connectivity index (χ0n) is 17.5. The summed E-state index contributed by atoms with van der Waals surface area (Å²) in [5, 5.41) is 9.69. The number of nitrogens with zero attached hydrogens (tertiary/aromatic N) is 3. The van der Waals surface area contributed by atoms with Crippen LogP contribution < -0.4 is 10.6 Å². The van der Waals surface area contributed by atoms with Crippen molar-refractivity contribution < 1.29 is 18.3 Å². The average molecular weight is 436 g/mol. The first-order valence-corrected chi connectivity index (χ1v) is 10.2. The molecule has 2 aliphatic heterocycles. The largest absolute Gasteiger partial charge is 0.445 e. The van der Waals surface area contributed by atoms with Crippen LogP contribution in [0.4, 0.5) is 14.5 Å². The minimum absolute atomic E-state index is 0.00833. The van der Waals surface area contributed by atoms with Gasteiger partial charge in [-0.25, -0.2) is 8.78 Å². The smallest absolute Gasteiger partial charge is 0.254 e. The van der Waals surface area contributed by atoms with Crippen LogP contribution in [0.1, 0.15) is 18.4 Å². The lowest BCUT2D eigenvalue weighted by Gasteiger charge is -2.38. The summed E-state index contributed by atoms with van der Waals surface area (Å²) in [5.74, 6) is -1.98. The molecule has 32 heavy (non-hydrogen) atoms. The van der Waals surface area contributed by atoms with Crippen LogP contribution in [0, 0.1) is 23.0 Å². The number of amides is 1. The number of ether oxygens (including phenoxy) is 1. The van der Waals surface area contributed by atoms with Gasteiger partial charge in [0.15, 0.2) is 0 Å². The van der Waals surface area contributed by atoms with Crippen LogP contribution in [0.25, 0.3) is 0 Å². The first kappa shape index (κ1) is 21.4. The lowest BCUT2D eigenvalue weighted by molar-refractivity contribution is -0.128. The maximum atomic E-state index is 14.7. The summed E-state index contributed by atoms with van der Waals surface area (Å²) in [6.07, 6.45) is 0. The number of hydrogen-bond donors (Lipinski definition) is 1. The molecule has 8 heteroatoms. The molecular weight excluding hydrogens is 414 g/mol. The van der Waals surface area contributed by atoms with Crippen molar-refractivity contribution in [2.45, 2.75) is 12.8 Å². The van der Waals surface area contributed by atoms with Crippen molar-refractivity contribution in [3.05, 3.63) is 88.5 Å². The molecule has 2 heterocycles. The second kappa shape index (κ2) is 8.71. The molecule has 2 N–H and O–H groups in total. The standard InChI is InChI=1S/C24H22F2N4O2/c1-15-21(22(19(14-27)23(28)32-15)18-4-2-3-5-20(18)26)24(31)30-12-10-29(11-13-30)17-8-6-16(25)7-9-17/h2-9,22H,10-13,28H2,1H3. The van der Waals surface area contributed by atoms with Gasteiger partial charge >= 0.3 is 0 Å². The van der Waals surface area contributed by atoms with Crippen LogP contribution in [0.2, 0.25) is 0 Å². The number of nitrogens with two attached hydrogens (primary N) is 1. The van der Waals surface area contributed by atoms with E-state index in [2.05, 4.69) is 4.90 Å². The predicted octanol–water partition coefficient (Wildman–Crippen LogP) is 3.40. The predicted molar refractivity (Wildman–Crippen MR) is 115 cm³/mol. The Bertz CT molecular complexity index is 1140. The Balaban J connectivity index is 1.60. The summed E-state index contributed by atoms with van der Waals surface area (Å²) >= 11 is 0. The molecule has 1 amide bonds. The van der Waals surface area contributed by atoms with Crippen molar-refractivity contribution in [2.24, 2.45) is 5.73 Å². The van der Waals surface area contributed by atoms with Gasteiger partial charge in [0.2, 0.25) is 5.88 Å². The molecule has 0 aromatic heterocycles. The number of benzene rings is 2. The van der Waals surface area contributed by atoms with E-state index < -0.39 is 11.7 Å². The molecule has 1 atom stereocenters. The fourth-order valence-corrected chi connectivity index (χ4v) is 4.17. The number of rotatable bonds is 3. The van der Waals surface area contributed by atoms with Crippen molar-refractivity contribution in [3.63, 3.8) is 0 Å². The quantitative estimate of drug-likeness (QED) is 0.798. The monoisotopic (exact) mass is 436 g/mol. The molecule has 1 saturated heterocycles. The zero-order chi connectivity index (χ0) is 22.8. The van der Waals surface area contributed by atoms with Crippen LogP contribution in [0.5, 0.6) is 0 Å². The lowest BCUT2D eigenvalue weighted by Crippen LogP contribution is -2.50. The van der Waals surface area contributed by atoms with Gasteiger partial charge < -0.3 is 20.3 Å². The van der Waals surface area contributed by atoms with Gasteiger partial charge in [-0.2, -0.15) is 5.26 Å². The van der Waals surface area contributed by atoms with Gasteiger partial charge in [-0.3, -0.25) is 4.79 Å². The molecule has 4 rings (SSSR count). The maximum Gasteiger partial charge on any atom is 0.254 e. The Morgan fingerprint density at radius 1 is 1.09 bits per heavy atom. The van der Waals surface area contributed by atoms with Crippen molar-refractivity contribution >= 4 is 11.6 Å². The number of nitriles is 1. The van der Waals surface area contributed by atoms with E-state index in [1.807, 2.05) is 6.07 Å². The minimum Gasteiger partial charge on any atom is -0.445 e. The van der Waals surface area contributed by atoms with Gasteiger partial charge in [-0.15, -0.1) is 0 Å². The molecule has 2 aromatic rings. The molecule has 1 unspecified atom stereocenters. The number of piperazine rings is 1. The fraction of sp³-hybridized carbons (Fsp3) is 0.250. The normalized spacial score (nSPS) is 19.0. The van der Waals surface area contributed by atoms with E-state index in [1.165, 1.54) is 18.2 Å². The third-order valence-electron chi connectivity index (χ3n) is 5.81.